The Balaban J connectivity index is 1.25. The van der Waals surface area contributed by atoms with Crippen LogP contribution in [0, 0.1) is 0 Å². The average Bonchev–Trinajstić information content (AvgIpc) is 3.93. The van der Waals surface area contributed by atoms with Crippen LogP contribution in [-0.2, 0) is 0 Å². The molecule has 0 aliphatic rings. The predicted molar refractivity (Wildman–Crippen MR) is 271 cm³/mol. The van der Waals surface area contributed by atoms with Crippen LogP contribution in [0.2, 0.25) is 0 Å². The van der Waals surface area contributed by atoms with Gasteiger partial charge in [-0.25, -0.2) is 0 Å². The zero-order valence-electron chi connectivity index (χ0n) is 34.1. The summed E-state index contributed by atoms with van der Waals surface area (Å²) in [5.41, 5.74) is 23.4. The zero-order chi connectivity index (χ0) is 39.6. The number of fused-ring (bicyclic) bond motifs is 9. The van der Waals surface area contributed by atoms with E-state index in [0.717, 1.165) is 33.3 Å². The van der Waals surface area contributed by atoms with Crippen LogP contribution in [0.15, 0.2) is 144 Å². The highest BCUT2D eigenvalue weighted by molar-refractivity contribution is 6.69. The maximum Gasteiger partial charge on any atom is 0.141 e. The van der Waals surface area contributed by atoms with Gasteiger partial charge in [-0.3, -0.25) is 0 Å². The first-order chi connectivity index (χ1) is 28.2. The summed E-state index contributed by atoms with van der Waals surface area (Å²) in [4.78, 5) is 0. The minimum Gasteiger partial charge on any atom is -0.456 e. The van der Waals surface area contributed by atoms with Crippen molar-refractivity contribution in [1.29, 1.82) is 0 Å². The Bertz CT molecular complexity index is 3530. The Morgan fingerprint density at radius 2 is 0.931 bits per heavy atom. The smallest absolute Gasteiger partial charge is 0.141 e. The van der Waals surface area contributed by atoms with Gasteiger partial charge < -0.3 is 13.6 Å². The number of hydrogen-bond acceptors (Lipinski definition) is 1. The van der Waals surface area contributed by atoms with Crippen LogP contribution in [0.3, 0.4) is 0 Å². The molecule has 0 N–H and O–H groups in total. The SMILES string of the molecule is Bc1c(B)c(B)c2c(c1B)c1c(B)c(-c3ccc4c(c3)c3cc(-c5ccccc5)ccc3n4-c3ccccc3)c(B)c(B)c1n2-c1cccc2oc3ccccc3c12. The summed E-state index contributed by atoms with van der Waals surface area (Å²) in [6, 6.07) is 50.6. The van der Waals surface area contributed by atoms with Gasteiger partial charge in [-0.2, -0.15) is 0 Å². The topological polar surface area (TPSA) is 23.0 Å². The van der Waals surface area contributed by atoms with E-state index in [0.29, 0.717) is 0 Å². The molecular formula is C48H37B7N2O. The molecule has 3 aromatic heterocycles. The molecule has 0 spiro atoms. The monoisotopic (exact) mass is 734 g/mol. The Hall–Kier alpha value is -6.39. The second kappa shape index (κ2) is 12.8. The lowest BCUT2D eigenvalue weighted by Crippen LogP contribution is -2.48. The molecule has 0 unspecified atom stereocenters. The van der Waals surface area contributed by atoms with E-state index in [1.807, 2.05) is 0 Å². The van der Waals surface area contributed by atoms with Crippen molar-refractivity contribution in [3.63, 3.8) is 0 Å². The summed E-state index contributed by atoms with van der Waals surface area (Å²) in [6.07, 6.45) is 0. The first-order valence-corrected chi connectivity index (χ1v) is 20.4. The molecule has 10 heteroatoms. The van der Waals surface area contributed by atoms with Crippen LogP contribution in [0.25, 0.3) is 99.2 Å². The number of furan rings is 1. The summed E-state index contributed by atoms with van der Waals surface area (Å²) in [5, 5.41) is 7.48. The third-order valence-corrected chi connectivity index (χ3v) is 13.4. The van der Waals surface area contributed by atoms with E-state index in [2.05, 4.69) is 204 Å². The van der Waals surface area contributed by atoms with Crippen molar-refractivity contribution in [1.82, 2.24) is 9.13 Å². The maximum atomic E-state index is 6.48. The summed E-state index contributed by atoms with van der Waals surface area (Å²) in [7, 11) is 16.2. The van der Waals surface area contributed by atoms with Crippen molar-refractivity contribution in [2.24, 2.45) is 0 Å². The van der Waals surface area contributed by atoms with Gasteiger partial charge in [0.1, 0.15) is 66.1 Å². The molecule has 58 heavy (non-hydrogen) atoms. The minimum atomic E-state index is 0.910. The maximum absolute atomic E-state index is 6.48. The number of nitrogens with zero attached hydrogens (tertiary/aromatic N) is 2. The van der Waals surface area contributed by atoms with Gasteiger partial charge >= 0.3 is 0 Å². The van der Waals surface area contributed by atoms with E-state index < -0.39 is 0 Å². The van der Waals surface area contributed by atoms with E-state index in [9.17, 15) is 0 Å². The first kappa shape index (κ1) is 34.8. The van der Waals surface area contributed by atoms with Crippen molar-refractivity contribution in [3.8, 4) is 33.6 Å². The molecule has 11 rings (SSSR count). The second-order valence-corrected chi connectivity index (χ2v) is 16.3. The Morgan fingerprint density at radius 1 is 0.362 bits per heavy atom. The molecule has 3 nitrogen and oxygen atoms in total. The molecule has 0 aliphatic carbocycles. The van der Waals surface area contributed by atoms with Gasteiger partial charge in [0.25, 0.3) is 0 Å². The Labute approximate surface area is 343 Å². The van der Waals surface area contributed by atoms with E-state index in [4.69, 9.17) is 4.42 Å². The first-order valence-electron chi connectivity index (χ1n) is 20.4. The number of benzene rings is 8. The predicted octanol–water partition coefficient (Wildman–Crippen LogP) is 0.923. The molecule has 0 fully saturated rings. The summed E-state index contributed by atoms with van der Waals surface area (Å²) < 4.78 is 11.5. The van der Waals surface area contributed by atoms with Crippen LogP contribution >= 0.6 is 0 Å². The highest BCUT2D eigenvalue weighted by Crippen LogP contribution is 2.39. The highest BCUT2D eigenvalue weighted by Gasteiger charge is 2.26. The largest absolute Gasteiger partial charge is 0.456 e. The zero-order valence-corrected chi connectivity index (χ0v) is 34.1. The van der Waals surface area contributed by atoms with Crippen LogP contribution < -0.4 is 38.2 Å². The summed E-state index contributed by atoms with van der Waals surface area (Å²) in [6.45, 7) is 0. The molecule has 0 aliphatic heterocycles. The Morgan fingerprint density at radius 3 is 1.66 bits per heavy atom. The molecule has 0 atom stereocenters. The molecule has 8 aromatic carbocycles. The third kappa shape index (κ3) is 4.78. The van der Waals surface area contributed by atoms with Gasteiger partial charge in [0, 0.05) is 38.3 Å². The fourth-order valence-electron chi connectivity index (χ4n) is 10.2. The highest BCUT2D eigenvalue weighted by atomic mass is 16.3. The van der Waals surface area contributed by atoms with Gasteiger partial charge in [0.2, 0.25) is 0 Å². The van der Waals surface area contributed by atoms with E-state index in [-0.39, 0.29) is 0 Å². The van der Waals surface area contributed by atoms with Gasteiger partial charge in [-0.05, 0) is 82.2 Å². The van der Waals surface area contributed by atoms with Gasteiger partial charge in [-0.1, -0.05) is 118 Å². The van der Waals surface area contributed by atoms with Gasteiger partial charge in [0.05, 0.1) is 22.1 Å². The second-order valence-electron chi connectivity index (χ2n) is 16.3. The van der Waals surface area contributed by atoms with Crippen molar-refractivity contribution >= 4 is 159 Å². The molecule has 3 heterocycles. The van der Waals surface area contributed by atoms with Crippen LogP contribution in [0.4, 0.5) is 0 Å². The van der Waals surface area contributed by atoms with Crippen molar-refractivity contribution in [2.75, 3.05) is 0 Å². The Kier molecular flexibility index (Phi) is 7.69. The van der Waals surface area contributed by atoms with Crippen LogP contribution in [-0.4, -0.2) is 64.1 Å². The number of hydrogen-bond donors (Lipinski definition) is 0. The molecule has 0 saturated carbocycles. The standard InChI is InChI=1S/C48H37B7N2O/c49-40-36(26-19-21-32-30(23-26)29-22-25(24-10-3-1-4-11-24)18-20-31(29)56(32)27-12-5-2-6-13-27)41(50)45(54)47-38(40)39-42(51)43(52)44(53)46(55)48(39)57(47)33-15-9-17-35-37(33)28-14-7-8-16-34(28)58-35/h1-23H,49-55H2. The van der Waals surface area contributed by atoms with E-state index in [1.165, 1.54) is 104 Å². The lowest BCUT2D eigenvalue weighted by atomic mass is 9.64. The normalized spacial score (nSPS) is 11.9. The van der Waals surface area contributed by atoms with Crippen molar-refractivity contribution in [3.05, 3.63) is 140 Å². The van der Waals surface area contributed by atoms with Crippen LogP contribution in [0.5, 0.6) is 0 Å². The average molecular weight is 734 g/mol. The molecule has 0 bridgehead atoms. The quantitative estimate of drug-likeness (QED) is 0.247. The summed E-state index contributed by atoms with van der Waals surface area (Å²) >= 11 is 0. The minimum absolute atomic E-state index is 0.910. The molecule has 11 aromatic rings. The molecule has 0 amide bonds. The number of aromatic nitrogens is 2. The number of para-hydroxylation sites is 2. The third-order valence-electron chi connectivity index (χ3n) is 13.4. The lowest BCUT2D eigenvalue weighted by molar-refractivity contribution is 0.669. The van der Waals surface area contributed by atoms with Gasteiger partial charge in [0.15, 0.2) is 0 Å². The molecule has 0 radical (unpaired) electrons. The lowest BCUT2D eigenvalue weighted by Gasteiger charge is -2.19. The van der Waals surface area contributed by atoms with Crippen molar-refractivity contribution < 1.29 is 4.42 Å². The fourth-order valence-corrected chi connectivity index (χ4v) is 10.2. The summed E-state index contributed by atoms with van der Waals surface area (Å²) in [5.74, 6) is 0. The van der Waals surface area contributed by atoms with Crippen molar-refractivity contribution in [2.45, 2.75) is 0 Å². The van der Waals surface area contributed by atoms with E-state index >= 15 is 0 Å². The molecule has 266 valence electrons. The number of rotatable bonds is 4. The fraction of sp³-hybridized carbons (Fsp3) is 0. The van der Waals surface area contributed by atoms with E-state index in [1.54, 1.807) is 0 Å². The molecule has 0 saturated heterocycles. The van der Waals surface area contributed by atoms with Crippen LogP contribution in [0.1, 0.15) is 0 Å². The molecular weight excluding hydrogens is 696 g/mol. The van der Waals surface area contributed by atoms with Gasteiger partial charge in [-0.15, -0.1) is 5.46 Å².